The third-order valence-corrected chi connectivity index (χ3v) is 4.44. The summed E-state index contributed by atoms with van der Waals surface area (Å²) in [6.45, 7) is 8.27. The molecule has 0 spiro atoms. The van der Waals surface area contributed by atoms with Crippen LogP contribution in [0.3, 0.4) is 0 Å². The molecule has 0 unspecified atom stereocenters. The van der Waals surface area contributed by atoms with E-state index in [1.165, 1.54) is 0 Å². The molecule has 0 atom stereocenters. The highest BCUT2D eigenvalue weighted by Gasteiger charge is 2.16. The summed E-state index contributed by atoms with van der Waals surface area (Å²) in [7, 11) is 1.95. The van der Waals surface area contributed by atoms with Crippen LogP contribution in [0.2, 0.25) is 0 Å². The summed E-state index contributed by atoms with van der Waals surface area (Å²) in [5.41, 5.74) is 1.75. The largest absolute Gasteiger partial charge is 0.493 e. The van der Waals surface area contributed by atoms with E-state index in [9.17, 15) is 4.79 Å². The van der Waals surface area contributed by atoms with Gasteiger partial charge in [0.05, 0.1) is 13.2 Å². The predicted octanol–water partition coefficient (Wildman–Crippen LogP) is 5.18. The minimum atomic E-state index is 0.0712. The first kappa shape index (κ1) is 22.5. The van der Waals surface area contributed by atoms with Gasteiger partial charge >= 0.3 is 0 Å². The molecule has 0 heterocycles. The molecule has 1 aromatic carbocycles. The average molecular weight is 364 g/mol. The Hall–Kier alpha value is -1.55. The van der Waals surface area contributed by atoms with E-state index in [1.807, 2.05) is 19.2 Å². The minimum absolute atomic E-state index is 0.0712. The summed E-state index contributed by atoms with van der Waals surface area (Å²) < 4.78 is 12.0. The van der Waals surface area contributed by atoms with Gasteiger partial charge < -0.3 is 14.8 Å². The van der Waals surface area contributed by atoms with Crippen molar-refractivity contribution < 1.29 is 14.3 Å². The van der Waals surface area contributed by atoms with Crippen molar-refractivity contribution in [3.8, 4) is 11.5 Å². The van der Waals surface area contributed by atoms with E-state index in [0.717, 1.165) is 80.5 Å². The highest BCUT2D eigenvalue weighted by molar-refractivity contribution is 5.96. The van der Waals surface area contributed by atoms with Crippen LogP contribution in [0.5, 0.6) is 11.5 Å². The van der Waals surface area contributed by atoms with Gasteiger partial charge in [-0.25, -0.2) is 0 Å². The lowest BCUT2D eigenvalue weighted by Crippen LogP contribution is -2.12. The summed E-state index contributed by atoms with van der Waals surface area (Å²) in [6.07, 6.45) is 8.50. The maximum Gasteiger partial charge on any atom is 0.160 e. The first-order valence-corrected chi connectivity index (χ1v) is 10.2. The van der Waals surface area contributed by atoms with Gasteiger partial charge in [-0.15, -0.1) is 0 Å². The fourth-order valence-corrected chi connectivity index (χ4v) is 2.92. The maximum absolute atomic E-state index is 12.2. The number of rotatable bonds is 15. The van der Waals surface area contributed by atoms with Gasteiger partial charge in [-0.3, -0.25) is 4.79 Å². The number of benzene rings is 1. The molecule has 0 aromatic heterocycles. The summed E-state index contributed by atoms with van der Waals surface area (Å²) in [5.74, 6) is 1.63. The number of hydrogen-bond donors (Lipinski definition) is 1. The van der Waals surface area contributed by atoms with E-state index in [0.29, 0.717) is 13.2 Å². The first-order valence-electron chi connectivity index (χ1n) is 10.2. The van der Waals surface area contributed by atoms with Crippen molar-refractivity contribution >= 4 is 5.78 Å². The van der Waals surface area contributed by atoms with E-state index in [-0.39, 0.29) is 5.78 Å². The molecule has 0 saturated heterocycles. The van der Waals surface area contributed by atoms with Crippen molar-refractivity contribution in [2.24, 2.45) is 0 Å². The van der Waals surface area contributed by atoms with Crippen LogP contribution < -0.4 is 14.8 Å². The van der Waals surface area contributed by atoms with E-state index in [2.05, 4.69) is 19.2 Å². The Morgan fingerprint density at radius 3 is 2.19 bits per heavy atom. The molecule has 0 aliphatic rings. The Kier molecular flexibility index (Phi) is 11.8. The van der Waals surface area contributed by atoms with Gasteiger partial charge in [0.2, 0.25) is 0 Å². The second-order valence-electron chi connectivity index (χ2n) is 6.82. The van der Waals surface area contributed by atoms with Gasteiger partial charge in [-0.2, -0.15) is 0 Å². The van der Waals surface area contributed by atoms with E-state index >= 15 is 0 Å². The summed E-state index contributed by atoms with van der Waals surface area (Å²) >= 11 is 0. The SMILES string of the molecule is CCCCCOc1cc(OCCCCC)c(CCCNC)c(C(C)=O)c1. The van der Waals surface area contributed by atoms with E-state index < -0.39 is 0 Å². The second kappa shape index (κ2) is 13.6. The molecule has 0 amide bonds. The molecule has 0 aliphatic carbocycles. The number of nitrogens with one attached hydrogen (secondary N) is 1. The maximum atomic E-state index is 12.2. The van der Waals surface area contributed by atoms with Crippen LogP contribution in [0.4, 0.5) is 0 Å². The Labute approximate surface area is 159 Å². The molecule has 26 heavy (non-hydrogen) atoms. The number of carbonyl (C=O) groups is 1. The Morgan fingerprint density at radius 2 is 1.62 bits per heavy atom. The number of hydrogen-bond acceptors (Lipinski definition) is 4. The van der Waals surface area contributed by atoms with Gasteiger partial charge in [-0.05, 0) is 52.3 Å². The highest BCUT2D eigenvalue weighted by atomic mass is 16.5. The quantitative estimate of drug-likeness (QED) is 0.344. The van der Waals surface area contributed by atoms with Gasteiger partial charge in [0.15, 0.2) is 5.78 Å². The molecule has 0 bridgehead atoms. The molecule has 0 radical (unpaired) electrons. The molecule has 4 nitrogen and oxygen atoms in total. The van der Waals surface area contributed by atoms with Crippen LogP contribution in [0.1, 0.15) is 81.6 Å². The minimum Gasteiger partial charge on any atom is -0.493 e. The van der Waals surface area contributed by atoms with E-state index in [1.54, 1.807) is 6.92 Å². The molecule has 1 aromatic rings. The lowest BCUT2D eigenvalue weighted by Gasteiger charge is -2.17. The van der Waals surface area contributed by atoms with Crippen molar-refractivity contribution in [2.45, 2.75) is 72.1 Å². The molecule has 0 fully saturated rings. The fourth-order valence-electron chi connectivity index (χ4n) is 2.92. The fraction of sp³-hybridized carbons (Fsp3) is 0.682. The molecule has 1 N–H and O–H groups in total. The Morgan fingerprint density at radius 1 is 0.962 bits per heavy atom. The molecule has 0 saturated carbocycles. The molecule has 4 heteroatoms. The van der Waals surface area contributed by atoms with Crippen LogP contribution in [-0.4, -0.2) is 32.6 Å². The third kappa shape index (κ3) is 8.22. The molecule has 1 rings (SSSR count). The molecule has 0 aliphatic heterocycles. The zero-order chi connectivity index (χ0) is 19.2. The molecular formula is C22H37NO3. The van der Waals surface area contributed by atoms with Crippen molar-refractivity contribution in [3.63, 3.8) is 0 Å². The smallest absolute Gasteiger partial charge is 0.160 e. The van der Waals surface area contributed by atoms with E-state index in [4.69, 9.17) is 9.47 Å². The van der Waals surface area contributed by atoms with Crippen molar-refractivity contribution in [3.05, 3.63) is 23.3 Å². The number of Topliss-reactive ketones (excluding diaryl/α,β-unsaturated/α-hetero) is 1. The van der Waals surface area contributed by atoms with Gasteiger partial charge in [0, 0.05) is 17.2 Å². The number of carbonyl (C=O) groups excluding carboxylic acids is 1. The standard InChI is InChI=1S/C22H37NO3/c1-5-7-9-14-25-19-16-21(18(3)24)20(12-11-13-23-4)22(17-19)26-15-10-8-6-2/h16-17,23H,5-15H2,1-4H3. The molecular weight excluding hydrogens is 326 g/mol. The topological polar surface area (TPSA) is 47.6 Å². The van der Waals surface area contributed by atoms with Gasteiger partial charge in [0.25, 0.3) is 0 Å². The summed E-state index contributed by atoms with van der Waals surface area (Å²) in [4.78, 5) is 12.2. The van der Waals surface area contributed by atoms with Gasteiger partial charge in [-0.1, -0.05) is 39.5 Å². The second-order valence-corrected chi connectivity index (χ2v) is 6.82. The monoisotopic (exact) mass is 363 g/mol. The van der Waals surface area contributed by atoms with Crippen LogP contribution in [0.25, 0.3) is 0 Å². The lowest BCUT2D eigenvalue weighted by atomic mass is 9.98. The average Bonchev–Trinajstić information content (AvgIpc) is 2.63. The molecule has 148 valence electrons. The lowest BCUT2D eigenvalue weighted by molar-refractivity contribution is 0.101. The van der Waals surface area contributed by atoms with Crippen LogP contribution >= 0.6 is 0 Å². The zero-order valence-corrected chi connectivity index (χ0v) is 17.2. The third-order valence-electron chi connectivity index (χ3n) is 4.44. The Balaban J connectivity index is 2.98. The van der Waals surface area contributed by atoms with Gasteiger partial charge in [0.1, 0.15) is 11.5 Å². The van der Waals surface area contributed by atoms with Crippen LogP contribution in [0.15, 0.2) is 12.1 Å². The van der Waals surface area contributed by atoms with Crippen molar-refractivity contribution in [1.82, 2.24) is 5.32 Å². The Bertz CT molecular complexity index is 528. The number of ketones is 1. The summed E-state index contributed by atoms with van der Waals surface area (Å²) in [5, 5.41) is 3.17. The normalized spacial score (nSPS) is 10.8. The zero-order valence-electron chi connectivity index (χ0n) is 17.2. The predicted molar refractivity (Wildman–Crippen MR) is 109 cm³/mol. The summed E-state index contributed by atoms with van der Waals surface area (Å²) in [6, 6.07) is 3.86. The van der Waals surface area contributed by atoms with Crippen LogP contribution in [0, 0.1) is 0 Å². The number of unbranched alkanes of at least 4 members (excludes halogenated alkanes) is 4. The van der Waals surface area contributed by atoms with Crippen molar-refractivity contribution in [1.29, 1.82) is 0 Å². The van der Waals surface area contributed by atoms with Crippen molar-refractivity contribution in [2.75, 3.05) is 26.8 Å². The highest BCUT2D eigenvalue weighted by Crippen LogP contribution is 2.31. The first-order chi connectivity index (χ1) is 12.6. The number of ether oxygens (including phenoxy) is 2. The van der Waals surface area contributed by atoms with Crippen LogP contribution in [-0.2, 0) is 6.42 Å².